The van der Waals surface area contributed by atoms with Crippen LogP contribution >= 0.6 is 0 Å². The molecule has 0 saturated heterocycles. The first-order valence-corrected chi connectivity index (χ1v) is 6.69. The molecule has 18 heavy (non-hydrogen) atoms. The van der Waals surface area contributed by atoms with E-state index in [0.717, 1.165) is 38.1 Å². The van der Waals surface area contributed by atoms with Crippen molar-refractivity contribution in [1.29, 1.82) is 0 Å². The van der Waals surface area contributed by atoms with Crippen molar-refractivity contribution in [3.63, 3.8) is 0 Å². The highest BCUT2D eigenvalue weighted by Gasteiger charge is 2.04. The Hall–Kier alpha value is -1.32. The van der Waals surface area contributed by atoms with Crippen LogP contribution in [-0.2, 0) is 16.1 Å². The van der Waals surface area contributed by atoms with Crippen molar-refractivity contribution in [2.45, 2.75) is 65.5 Å². The Morgan fingerprint density at radius 1 is 1.39 bits per heavy atom. The quantitative estimate of drug-likeness (QED) is 0.527. The van der Waals surface area contributed by atoms with Gasteiger partial charge in [-0.3, -0.25) is 4.79 Å². The van der Waals surface area contributed by atoms with E-state index in [1.807, 2.05) is 27.0 Å². The van der Waals surface area contributed by atoms with Gasteiger partial charge in [-0.15, -0.1) is 0 Å². The number of hydrogen-bond acceptors (Lipinski definition) is 3. The van der Waals surface area contributed by atoms with E-state index in [9.17, 15) is 4.79 Å². The molecule has 0 aliphatic heterocycles. The summed E-state index contributed by atoms with van der Waals surface area (Å²) in [6, 6.07) is 0. The Kier molecular flexibility index (Phi) is 6.47. The van der Waals surface area contributed by atoms with Crippen molar-refractivity contribution in [2.75, 3.05) is 0 Å². The SMILES string of the molecule is Cc1n[c]cn1CCCCCCC(=O)OC(C)C. The van der Waals surface area contributed by atoms with Gasteiger partial charge in [-0.05, 0) is 33.6 Å². The second kappa shape index (κ2) is 7.90. The number of hydrogen-bond donors (Lipinski definition) is 0. The monoisotopic (exact) mass is 251 g/mol. The van der Waals surface area contributed by atoms with Gasteiger partial charge in [0.15, 0.2) is 0 Å². The lowest BCUT2D eigenvalue weighted by atomic mass is 10.1. The minimum absolute atomic E-state index is 0.00188. The molecule has 4 heteroatoms. The second-order valence-electron chi connectivity index (χ2n) is 4.81. The molecule has 101 valence electrons. The summed E-state index contributed by atoms with van der Waals surface area (Å²) in [5.41, 5.74) is 0. The van der Waals surface area contributed by atoms with Crippen LogP contribution in [0.1, 0.15) is 51.8 Å². The standard InChI is InChI=1S/C14H23N2O2/c1-12(2)18-14(17)8-6-4-5-7-10-16-11-9-15-13(16)3/h11-12H,4-8,10H2,1-3H3. The highest BCUT2D eigenvalue weighted by atomic mass is 16.5. The molecule has 1 heterocycles. The molecule has 0 aromatic carbocycles. The molecule has 0 amide bonds. The molecule has 0 saturated carbocycles. The van der Waals surface area contributed by atoms with E-state index in [-0.39, 0.29) is 12.1 Å². The molecule has 1 aromatic heterocycles. The molecule has 0 aliphatic rings. The highest BCUT2D eigenvalue weighted by Crippen LogP contribution is 2.07. The maximum atomic E-state index is 11.3. The smallest absolute Gasteiger partial charge is 0.306 e. The molecule has 1 aromatic rings. The van der Waals surface area contributed by atoms with Gasteiger partial charge in [-0.25, -0.2) is 4.98 Å². The summed E-state index contributed by atoms with van der Waals surface area (Å²) < 4.78 is 7.18. The van der Waals surface area contributed by atoms with Crippen LogP contribution in [0.3, 0.4) is 0 Å². The zero-order valence-electron chi connectivity index (χ0n) is 11.6. The van der Waals surface area contributed by atoms with Crippen LogP contribution in [0.25, 0.3) is 0 Å². The number of carbonyl (C=O) groups excluding carboxylic acids is 1. The summed E-state index contributed by atoms with van der Waals surface area (Å²) in [4.78, 5) is 15.3. The molecule has 0 atom stereocenters. The van der Waals surface area contributed by atoms with Crippen LogP contribution in [0.5, 0.6) is 0 Å². The van der Waals surface area contributed by atoms with Crippen molar-refractivity contribution in [3.8, 4) is 0 Å². The summed E-state index contributed by atoms with van der Waals surface area (Å²) in [5.74, 6) is 0.931. The third kappa shape index (κ3) is 5.84. The van der Waals surface area contributed by atoms with Crippen LogP contribution < -0.4 is 0 Å². The molecule has 0 spiro atoms. The average Bonchev–Trinajstić information content (AvgIpc) is 2.68. The molecule has 0 bridgehead atoms. The summed E-state index contributed by atoms with van der Waals surface area (Å²) in [6.07, 6.45) is 9.49. The topological polar surface area (TPSA) is 44.1 Å². The Morgan fingerprint density at radius 2 is 2.11 bits per heavy atom. The number of nitrogens with zero attached hydrogens (tertiary/aromatic N) is 2. The van der Waals surface area contributed by atoms with Gasteiger partial charge in [-0.1, -0.05) is 12.8 Å². The fourth-order valence-electron chi connectivity index (χ4n) is 1.80. The van der Waals surface area contributed by atoms with E-state index in [0.29, 0.717) is 6.42 Å². The molecule has 1 rings (SSSR count). The third-order valence-electron chi connectivity index (χ3n) is 2.75. The lowest BCUT2D eigenvalue weighted by Crippen LogP contribution is -2.10. The number of rotatable bonds is 8. The molecule has 1 radical (unpaired) electrons. The molecule has 0 unspecified atom stereocenters. The van der Waals surface area contributed by atoms with E-state index < -0.39 is 0 Å². The Morgan fingerprint density at radius 3 is 2.72 bits per heavy atom. The molecule has 0 aliphatic carbocycles. The van der Waals surface area contributed by atoms with E-state index in [2.05, 4.69) is 15.7 Å². The van der Waals surface area contributed by atoms with Gasteiger partial charge in [-0.2, -0.15) is 0 Å². The Balaban J connectivity index is 1.99. The fraction of sp³-hybridized carbons (Fsp3) is 0.714. The van der Waals surface area contributed by atoms with Crippen molar-refractivity contribution in [3.05, 3.63) is 18.2 Å². The van der Waals surface area contributed by atoms with Crippen molar-refractivity contribution in [1.82, 2.24) is 9.55 Å². The van der Waals surface area contributed by atoms with Gasteiger partial charge < -0.3 is 9.30 Å². The maximum absolute atomic E-state index is 11.3. The zero-order chi connectivity index (χ0) is 13.4. The average molecular weight is 251 g/mol. The molecule has 0 fully saturated rings. The minimum Gasteiger partial charge on any atom is -0.463 e. The van der Waals surface area contributed by atoms with Crippen molar-refractivity contribution < 1.29 is 9.53 Å². The molecule has 4 nitrogen and oxygen atoms in total. The number of esters is 1. The van der Waals surface area contributed by atoms with E-state index >= 15 is 0 Å². The van der Waals surface area contributed by atoms with E-state index in [4.69, 9.17) is 4.74 Å². The Labute approximate surface area is 109 Å². The van der Waals surface area contributed by atoms with Crippen LogP contribution in [-0.4, -0.2) is 21.6 Å². The van der Waals surface area contributed by atoms with Crippen LogP contribution in [0, 0.1) is 13.1 Å². The molecular formula is C14H23N2O2. The number of carbonyl (C=O) groups is 1. The number of imidazole rings is 1. The number of unbranched alkanes of at least 4 members (excludes halogenated alkanes) is 3. The van der Waals surface area contributed by atoms with Gasteiger partial charge in [0, 0.05) is 19.2 Å². The second-order valence-corrected chi connectivity index (χ2v) is 4.81. The number of aromatic nitrogens is 2. The summed E-state index contributed by atoms with van der Waals surface area (Å²) in [7, 11) is 0. The van der Waals surface area contributed by atoms with Gasteiger partial charge in [0.2, 0.25) is 0 Å². The first kappa shape index (κ1) is 14.7. The lowest BCUT2D eigenvalue weighted by Gasteiger charge is -2.07. The maximum Gasteiger partial charge on any atom is 0.306 e. The summed E-state index contributed by atoms with van der Waals surface area (Å²) in [6.45, 7) is 6.72. The highest BCUT2D eigenvalue weighted by molar-refractivity contribution is 5.69. The summed E-state index contributed by atoms with van der Waals surface area (Å²) in [5, 5.41) is 0. The van der Waals surface area contributed by atoms with Crippen LogP contribution in [0.4, 0.5) is 0 Å². The predicted octanol–water partition coefficient (Wildman–Crippen LogP) is 2.89. The van der Waals surface area contributed by atoms with Crippen molar-refractivity contribution >= 4 is 5.97 Å². The first-order valence-electron chi connectivity index (χ1n) is 6.69. The minimum atomic E-state index is -0.0787. The number of ether oxygens (including phenoxy) is 1. The van der Waals surface area contributed by atoms with Crippen molar-refractivity contribution in [2.24, 2.45) is 0 Å². The third-order valence-corrected chi connectivity index (χ3v) is 2.75. The first-order chi connectivity index (χ1) is 8.59. The van der Waals surface area contributed by atoms with Crippen LogP contribution in [0.2, 0.25) is 0 Å². The normalized spacial score (nSPS) is 10.9. The lowest BCUT2D eigenvalue weighted by molar-refractivity contribution is -0.147. The van der Waals surface area contributed by atoms with Gasteiger partial charge in [0.25, 0.3) is 0 Å². The van der Waals surface area contributed by atoms with Gasteiger partial charge >= 0.3 is 5.97 Å². The van der Waals surface area contributed by atoms with Gasteiger partial charge in [0.05, 0.1) is 6.10 Å². The van der Waals surface area contributed by atoms with Crippen LogP contribution in [0.15, 0.2) is 6.20 Å². The van der Waals surface area contributed by atoms with Gasteiger partial charge in [0.1, 0.15) is 12.0 Å². The largest absolute Gasteiger partial charge is 0.463 e. The molecule has 0 N–H and O–H groups in total. The fourth-order valence-corrected chi connectivity index (χ4v) is 1.80. The van der Waals surface area contributed by atoms with E-state index in [1.54, 1.807) is 0 Å². The number of aryl methyl sites for hydroxylation is 2. The molecular weight excluding hydrogens is 228 g/mol. The van der Waals surface area contributed by atoms with E-state index in [1.165, 1.54) is 0 Å². The Bertz CT molecular complexity index is 358. The zero-order valence-corrected chi connectivity index (χ0v) is 11.6. The predicted molar refractivity (Wildman–Crippen MR) is 70.1 cm³/mol. The summed E-state index contributed by atoms with van der Waals surface area (Å²) >= 11 is 0.